The van der Waals surface area contributed by atoms with Crippen LogP contribution in [0.5, 0.6) is 0 Å². The van der Waals surface area contributed by atoms with Crippen LogP contribution in [0.4, 0.5) is 5.82 Å². The number of nitrogens with two attached hydrogens (primary N) is 1. The van der Waals surface area contributed by atoms with Gasteiger partial charge in [0, 0.05) is 24.8 Å². The third-order valence-corrected chi connectivity index (χ3v) is 4.27. The number of carbonyl (C=O) groups is 1. The van der Waals surface area contributed by atoms with Crippen LogP contribution in [0.3, 0.4) is 0 Å². The number of amides is 1. The minimum absolute atomic E-state index is 0.0271. The lowest BCUT2D eigenvalue weighted by molar-refractivity contribution is 0.0770. The second kappa shape index (κ2) is 4.33. The monoisotopic (exact) mass is 255 g/mol. The van der Waals surface area contributed by atoms with Gasteiger partial charge in [0.25, 0.3) is 5.91 Å². The van der Waals surface area contributed by atoms with Crippen LogP contribution in [0.1, 0.15) is 10.4 Å². The van der Waals surface area contributed by atoms with Crippen LogP contribution in [0.25, 0.3) is 0 Å². The lowest BCUT2D eigenvalue weighted by Gasteiger charge is -2.26. The summed E-state index contributed by atoms with van der Waals surface area (Å²) in [4.78, 5) is 17.3. The van der Waals surface area contributed by atoms with Crippen LogP contribution >= 0.6 is 0 Å². The highest BCUT2D eigenvalue weighted by Gasteiger charge is 2.25. The quantitative estimate of drug-likeness (QED) is 0.732. The Hall–Kier alpha value is -1.63. The van der Waals surface area contributed by atoms with Crippen molar-refractivity contribution in [2.24, 2.45) is 0 Å². The van der Waals surface area contributed by atoms with E-state index >= 15 is 0 Å². The van der Waals surface area contributed by atoms with Crippen LogP contribution in [-0.2, 0) is 9.84 Å². The topological polar surface area (TPSA) is 93.4 Å². The van der Waals surface area contributed by atoms with E-state index < -0.39 is 9.84 Å². The van der Waals surface area contributed by atoms with E-state index in [9.17, 15) is 13.2 Å². The molecule has 0 spiro atoms. The summed E-state index contributed by atoms with van der Waals surface area (Å²) in [6, 6.07) is 3.06. The molecule has 0 saturated carbocycles. The van der Waals surface area contributed by atoms with Crippen LogP contribution in [-0.4, -0.2) is 48.8 Å². The van der Waals surface area contributed by atoms with E-state index in [1.807, 2.05) is 0 Å². The summed E-state index contributed by atoms with van der Waals surface area (Å²) < 4.78 is 22.5. The van der Waals surface area contributed by atoms with E-state index in [2.05, 4.69) is 4.98 Å². The second-order valence-corrected chi connectivity index (χ2v) is 6.22. The zero-order valence-electron chi connectivity index (χ0n) is 9.17. The van der Waals surface area contributed by atoms with Gasteiger partial charge >= 0.3 is 0 Å². The smallest absolute Gasteiger partial charge is 0.254 e. The molecule has 1 aromatic rings. The van der Waals surface area contributed by atoms with E-state index in [0.29, 0.717) is 5.56 Å². The van der Waals surface area contributed by atoms with Crippen molar-refractivity contribution in [3.63, 3.8) is 0 Å². The van der Waals surface area contributed by atoms with Crippen molar-refractivity contribution in [2.45, 2.75) is 0 Å². The van der Waals surface area contributed by atoms with Gasteiger partial charge in [-0.2, -0.15) is 0 Å². The number of nitrogens with zero attached hydrogens (tertiary/aromatic N) is 2. The van der Waals surface area contributed by atoms with Crippen molar-refractivity contribution >= 4 is 21.6 Å². The average molecular weight is 255 g/mol. The highest BCUT2D eigenvalue weighted by molar-refractivity contribution is 7.91. The van der Waals surface area contributed by atoms with Gasteiger partial charge < -0.3 is 10.6 Å². The maximum atomic E-state index is 12.0. The minimum Gasteiger partial charge on any atom is -0.384 e. The molecule has 0 aromatic carbocycles. The molecule has 92 valence electrons. The molecule has 1 aromatic heterocycles. The maximum absolute atomic E-state index is 12.0. The predicted molar refractivity (Wildman–Crippen MR) is 63.2 cm³/mol. The number of carbonyl (C=O) groups excluding carboxylic acids is 1. The summed E-state index contributed by atoms with van der Waals surface area (Å²) >= 11 is 0. The second-order valence-electron chi connectivity index (χ2n) is 3.91. The Morgan fingerprint density at radius 1 is 1.35 bits per heavy atom. The molecule has 17 heavy (non-hydrogen) atoms. The summed E-state index contributed by atoms with van der Waals surface area (Å²) in [6.07, 6.45) is 1.46. The van der Waals surface area contributed by atoms with Gasteiger partial charge in [0.05, 0.1) is 11.5 Å². The predicted octanol–water partition coefficient (Wildman–Crippen LogP) is -0.466. The number of hydrogen-bond acceptors (Lipinski definition) is 5. The zero-order valence-corrected chi connectivity index (χ0v) is 9.98. The van der Waals surface area contributed by atoms with Gasteiger partial charge in [-0.25, -0.2) is 13.4 Å². The van der Waals surface area contributed by atoms with Crippen molar-refractivity contribution in [2.75, 3.05) is 30.3 Å². The van der Waals surface area contributed by atoms with Crippen molar-refractivity contribution in [3.8, 4) is 0 Å². The fraction of sp³-hybridized carbons (Fsp3) is 0.400. The number of sulfone groups is 1. The number of hydrogen-bond donors (Lipinski definition) is 1. The van der Waals surface area contributed by atoms with Gasteiger partial charge in [-0.15, -0.1) is 0 Å². The molecule has 2 heterocycles. The molecule has 1 aliphatic rings. The summed E-state index contributed by atoms with van der Waals surface area (Å²) in [6.45, 7) is 0.479. The zero-order chi connectivity index (χ0) is 12.5. The van der Waals surface area contributed by atoms with Crippen LogP contribution < -0.4 is 5.73 Å². The van der Waals surface area contributed by atoms with E-state index in [4.69, 9.17) is 5.73 Å². The molecule has 2 N–H and O–H groups in total. The van der Waals surface area contributed by atoms with Gasteiger partial charge in [0.15, 0.2) is 9.84 Å². The Morgan fingerprint density at radius 3 is 2.59 bits per heavy atom. The van der Waals surface area contributed by atoms with Gasteiger partial charge in [0.2, 0.25) is 0 Å². The Balaban J connectivity index is 2.12. The SMILES string of the molecule is Nc1cc(C(=O)N2CCS(=O)(=O)CC2)ccn1. The summed E-state index contributed by atoms with van der Waals surface area (Å²) in [5, 5.41) is 0. The first-order valence-corrected chi connectivity index (χ1v) is 7.01. The van der Waals surface area contributed by atoms with E-state index in [1.54, 1.807) is 6.07 Å². The maximum Gasteiger partial charge on any atom is 0.254 e. The van der Waals surface area contributed by atoms with Gasteiger partial charge in [-0.3, -0.25) is 4.79 Å². The molecule has 1 fully saturated rings. The molecule has 2 rings (SSSR count). The number of pyridine rings is 1. The molecule has 1 amide bonds. The van der Waals surface area contributed by atoms with Crippen molar-refractivity contribution in [3.05, 3.63) is 23.9 Å². The third kappa shape index (κ3) is 2.73. The van der Waals surface area contributed by atoms with Crippen LogP contribution in [0.15, 0.2) is 18.3 Å². The molecular formula is C10H13N3O3S. The highest BCUT2D eigenvalue weighted by Crippen LogP contribution is 2.11. The Kier molecular flexibility index (Phi) is 3.01. The summed E-state index contributed by atoms with van der Waals surface area (Å²) in [5.74, 6) is 0.132. The molecule has 0 aliphatic carbocycles. The lowest BCUT2D eigenvalue weighted by atomic mass is 10.2. The molecule has 0 radical (unpaired) electrons. The summed E-state index contributed by atoms with van der Waals surface area (Å²) in [5.41, 5.74) is 5.93. The third-order valence-electron chi connectivity index (χ3n) is 2.66. The first kappa shape index (κ1) is 11.8. The largest absolute Gasteiger partial charge is 0.384 e. The Labute approximate surface area is 99.4 Å². The molecular weight excluding hydrogens is 242 g/mol. The van der Waals surface area contributed by atoms with Gasteiger partial charge in [-0.1, -0.05) is 0 Å². The van der Waals surface area contributed by atoms with Crippen molar-refractivity contribution in [1.29, 1.82) is 0 Å². The van der Waals surface area contributed by atoms with E-state index in [0.717, 1.165) is 0 Å². The standard InChI is InChI=1S/C10H13N3O3S/c11-9-7-8(1-2-12-9)10(14)13-3-5-17(15,16)6-4-13/h1-2,7H,3-6H2,(H2,11,12). The molecule has 0 unspecified atom stereocenters. The molecule has 1 aliphatic heterocycles. The normalized spacial score (nSPS) is 18.9. The summed E-state index contributed by atoms with van der Waals surface area (Å²) in [7, 11) is -2.97. The van der Waals surface area contributed by atoms with E-state index in [-0.39, 0.29) is 36.3 Å². The number of anilines is 1. The van der Waals surface area contributed by atoms with Crippen molar-refractivity contribution in [1.82, 2.24) is 9.88 Å². The van der Waals surface area contributed by atoms with Gasteiger partial charge in [-0.05, 0) is 12.1 Å². The number of rotatable bonds is 1. The molecule has 1 saturated heterocycles. The molecule has 0 bridgehead atoms. The van der Waals surface area contributed by atoms with E-state index in [1.165, 1.54) is 17.2 Å². The first-order chi connectivity index (χ1) is 7.98. The average Bonchev–Trinajstić information content (AvgIpc) is 2.28. The van der Waals surface area contributed by atoms with Crippen LogP contribution in [0.2, 0.25) is 0 Å². The molecule has 0 atom stereocenters. The lowest BCUT2D eigenvalue weighted by Crippen LogP contribution is -2.43. The van der Waals surface area contributed by atoms with Crippen LogP contribution in [0, 0.1) is 0 Å². The van der Waals surface area contributed by atoms with Gasteiger partial charge in [0.1, 0.15) is 5.82 Å². The molecule has 6 nitrogen and oxygen atoms in total. The Bertz CT molecular complexity index is 527. The Morgan fingerprint density at radius 2 is 2.00 bits per heavy atom. The first-order valence-electron chi connectivity index (χ1n) is 5.19. The number of nitrogen functional groups attached to an aromatic ring is 1. The minimum atomic E-state index is -2.97. The fourth-order valence-corrected chi connectivity index (χ4v) is 2.88. The highest BCUT2D eigenvalue weighted by atomic mass is 32.2. The number of aromatic nitrogens is 1. The molecule has 7 heteroatoms. The van der Waals surface area contributed by atoms with Crippen molar-refractivity contribution < 1.29 is 13.2 Å². The fourth-order valence-electron chi connectivity index (χ4n) is 1.68.